The first-order chi connectivity index (χ1) is 9.72. The van der Waals surface area contributed by atoms with Gasteiger partial charge in [-0.25, -0.2) is 4.98 Å². The Morgan fingerprint density at radius 2 is 2.25 bits per heavy atom. The van der Waals surface area contributed by atoms with E-state index in [9.17, 15) is 5.26 Å². The summed E-state index contributed by atoms with van der Waals surface area (Å²) in [5, 5.41) is 12.5. The number of aromatic nitrogens is 2. The molecular formula is C14H16N4O2. The molecule has 0 saturated carbocycles. The van der Waals surface area contributed by atoms with Crippen molar-refractivity contribution < 1.29 is 9.47 Å². The molecule has 2 aromatic heterocycles. The van der Waals surface area contributed by atoms with Gasteiger partial charge >= 0.3 is 0 Å². The lowest BCUT2D eigenvalue weighted by Gasteiger charge is -2.22. The number of hydrogen-bond donors (Lipinski definition) is 1. The number of pyridine rings is 1. The molecule has 0 aromatic carbocycles. The van der Waals surface area contributed by atoms with Crippen LogP contribution >= 0.6 is 0 Å². The third-order valence-corrected chi connectivity index (χ3v) is 3.41. The summed E-state index contributed by atoms with van der Waals surface area (Å²) in [6.07, 6.45) is 2.53. The topological polar surface area (TPSA) is 71.6 Å². The van der Waals surface area contributed by atoms with E-state index in [1.165, 1.54) is 0 Å². The van der Waals surface area contributed by atoms with Crippen molar-refractivity contribution in [3.05, 3.63) is 30.1 Å². The van der Waals surface area contributed by atoms with Crippen molar-refractivity contribution >= 4 is 11.5 Å². The van der Waals surface area contributed by atoms with Crippen molar-refractivity contribution in [1.29, 1.82) is 5.26 Å². The molecule has 0 unspecified atom stereocenters. The van der Waals surface area contributed by atoms with Crippen LogP contribution in [-0.2, 0) is 9.47 Å². The number of hydrogen-bond acceptors (Lipinski definition) is 5. The van der Waals surface area contributed by atoms with E-state index in [1.54, 1.807) is 4.40 Å². The van der Waals surface area contributed by atoms with Gasteiger partial charge in [-0.2, -0.15) is 5.26 Å². The molecule has 0 aliphatic carbocycles. The summed E-state index contributed by atoms with van der Waals surface area (Å²) in [5.41, 5.74) is 1.27. The van der Waals surface area contributed by atoms with Crippen molar-refractivity contribution in [2.75, 3.05) is 25.1 Å². The molecule has 20 heavy (non-hydrogen) atoms. The molecule has 1 fully saturated rings. The minimum Gasteiger partial charge on any atom is -0.367 e. The summed E-state index contributed by atoms with van der Waals surface area (Å²) in [6, 6.07) is 7.83. The predicted molar refractivity (Wildman–Crippen MR) is 73.3 cm³/mol. The first kappa shape index (κ1) is 12.9. The zero-order valence-electron chi connectivity index (χ0n) is 11.3. The first-order valence-electron chi connectivity index (χ1n) is 6.61. The molecule has 1 aliphatic rings. The quantitative estimate of drug-likeness (QED) is 0.918. The lowest BCUT2D eigenvalue weighted by molar-refractivity contribution is -0.144. The Labute approximate surface area is 116 Å². The molecule has 0 bridgehead atoms. The summed E-state index contributed by atoms with van der Waals surface area (Å²) in [4.78, 5) is 4.42. The normalized spacial score (nSPS) is 17.2. The van der Waals surface area contributed by atoms with E-state index in [2.05, 4.69) is 16.4 Å². The Balaban J connectivity index is 1.73. The Bertz CT molecular complexity index is 653. The molecule has 1 N–H and O–H groups in total. The van der Waals surface area contributed by atoms with Crippen LogP contribution in [0.1, 0.15) is 19.0 Å². The molecule has 3 rings (SSSR count). The fraction of sp³-hybridized carbons (Fsp3) is 0.429. The molecule has 6 nitrogen and oxygen atoms in total. The summed E-state index contributed by atoms with van der Waals surface area (Å²) in [5.74, 6) is 0.0687. The maximum absolute atomic E-state index is 9.27. The Hall–Kier alpha value is -2.10. The summed E-state index contributed by atoms with van der Waals surface area (Å²) in [7, 11) is 0. The maximum atomic E-state index is 9.27. The second kappa shape index (κ2) is 5.12. The van der Waals surface area contributed by atoms with E-state index in [1.807, 2.05) is 31.3 Å². The number of nitrogens with zero attached hydrogens (tertiary/aromatic N) is 3. The van der Waals surface area contributed by atoms with Gasteiger partial charge in [0.05, 0.1) is 13.2 Å². The van der Waals surface area contributed by atoms with Crippen molar-refractivity contribution in [1.82, 2.24) is 9.38 Å². The highest BCUT2D eigenvalue weighted by molar-refractivity contribution is 5.58. The maximum Gasteiger partial charge on any atom is 0.168 e. The van der Waals surface area contributed by atoms with Gasteiger partial charge in [0.2, 0.25) is 0 Å². The summed E-state index contributed by atoms with van der Waals surface area (Å²) in [6.45, 7) is 3.83. The largest absolute Gasteiger partial charge is 0.367 e. The van der Waals surface area contributed by atoms with Gasteiger partial charge in [0.15, 0.2) is 17.3 Å². The highest BCUT2D eigenvalue weighted by Gasteiger charge is 2.30. The molecule has 104 valence electrons. The van der Waals surface area contributed by atoms with Gasteiger partial charge in [0.25, 0.3) is 0 Å². The number of rotatable bonds is 4. The lowest BCUT2D eigenvalue weighted by Crippen LogP contribution is -2.28. The van der Waals surface area contributed by atoms with Crippen LogP contribution in [0.25, 0.3) is 5.65 Å². The van der Waals surface area contributed by atoms with Crippen LogP contribution in [0.2, 0.25) is 0 Å². The third-order valence-electron chi connectivity index (χ3n) is 3.41. The lowest BCUT2D eigenvalue weighted by atomic mass is 10.2. The molecule has 2 aromatic rings. The summed E-state index contributed by atoms with van der Waals surface area (Å²) < 4.78 is 12.9. The average Bonchev–Trinajstić information content (AvgIpc) is 3.02. The van der Waals surface area contributed by atoms with Gasteiger partial charge < -0.3 is 14.8 Å². The molecule has 1 saturated heterocycles. The van der Waals surface area contributed by atoms with Crippen molar-refractivity contribution in [2.45, 2.75) is 19.1 Å². The number of fused-ring (bicyclic) bond motifs is 1. The van der Waals surface area contributed by atoms with Gasteiger partial charge in [-0.05, 0) is 19.1 Å². The first-order valence-corrected chi connectivity index (χ1v) is 6.61. The summed E-state index contributed by atoms with van der Waals surface area (Å²) >= 11 is 0. The number of ether oxygens (including phenoxy) is 2. The second-order valence-corrected chi connectivity index (χ2v) is 4.86. The number of imidazole rings is 1. The smallest absolute Gasteiger partial charge is 0.168 e. The van der Waals surface area contributed by atoms with Crippen LogP contribution in [0.5, 0.6) is 0 Å². The minimum absolute atomic E-state index is 0.513. The van der Waals surface area contributed by atoms with Gasteiger partial charge in [-0.3, -0.25) is 4.40 Å². The van der Waals surface area contributed by atoms with E-state index < -0.39 is 5.79 Å². The number of nitriles is 1. The average molecular weight is 272 g/mol. The zero-order valence-corrected chi connectivity index (χ0v) is 11.3. The Morgan fingerprint density at radius 1 is 1.45 bits per heavy atom. The van der Waals surface area contributed by atoms with Gasteiger partial charge in [-0.15, -0.1) is 0 Å². The fourth-order valence-electron chi connectivity index (χ4n) is 2.34. The molecule has 0 atom stereocenters. The predicted octanol–water partition coefficient (Wildman–Crippen LogP) is 1.77. The third kappa shape index (κ3) is 2.33. The standard InChI is InChI=1S/C14H16N4O2/c1-14(19-8-9-20-14)5-6-16-13-11(10-15)18-7-3-2-4-12(18)17-13/h2-4,7,16H,5-6,8-9H2,1H3. The van der Waals surface area contributed by atoms with Crippen LogP contribution in [0.15, 0.2) is 24.4 Å². The molecule has 0 amide bonds. The van der Waals surface area contributed by atoms with Crippen LogP contribution in [0, 0.1) is 11.3 Å². The van der Waals surface area contributed by atoms with E-state index in [4.69, 9.17) is 9.47 Å². The Kier molecular flexibility index (Phi) is 3.30. The van der Waals surface area contributed by atoms with Crippen molar-refractivity contribution in [3.8, 4) is 6.07 Å². The molecule has 6 heteroatoms. The zero-order chi connectivity index (χ0) is 14.0. The monoisotopic (exact) mass is 272 g/mol. The van der Waals surface area contributed by atoms with Crippen molar-refractivity contribution in [2.24, 2.45) is 0 Å². The molecular weight excluding hydrogens is 256 g/mol. The Morgan fingerprint density at radius 3 is 3.00 bits per heavy atom. The van der Waals surface area contributed by atoms with E-state index in [0.717, 1.165) is 5.65 Å². The number of nitrogens with one attached hydrogen (secondary N) is 1. The fourth-order valence-corrected chi connectivity index (χ4v) is 2.34. The molecule has 1 aliphatic heterocycles. The van der Waals surface area contributed by atoms with E-state index >= 15 is 0 Å². The van der Waals surface area contributed by atoms with Gasteiger partial charge in [-0.1, -0.05) is 6.07 Å². The second-order valence-electron chi connectivity index (χ2n) is 4.86. The number of anilines is 1. The van der Waals surface area contributed by atoms with E-state index in [0.29, 0.717) is 37.7 Å². The minimum atomic E-state index is -0.529. The van der Waals surface area contributed by atoms with E-state index in [-0.39, 0.29) is 0 Å². The van der Waals surface area contributed by atoms with Gasteiger partial charge in [0, 0.05) is 19.2 Å². The highest BCUT2D eigenvalue weighted by atomic mass is 16.7. The molecule has 0 spiro atoms. The van der Waals surface area contributed by atoms with Crippen LogP contribution in [-0.4, -0.2) is 34.9 Å². The highest BCUT2D eigenvalue weighted by Crippen LogP contribution is 2.23. The van der Waals surface area contributed by atoms with Crippen LogP contribution in [0.4, 0.5) is 5.82 Å². The molecule has 3 heterocycles. The van der Waals surface area contributed by atoms with Crippen LogP contribution < -0.4 is 5.32 Å². The van der Waals surface area contributed by atoms with Crippen LogP contribution in [0.3, 0.4) is 0 Å². The van der Waals surface area contributed by atoms with Crippen molar-refractivity contribution in [3.63, 3.8) is 0 Å². The SMILES string of the molecule is CC1(CCNc2nc3ccccn3c2C#N)OCCO1. The van der Waals surface area contributed by atoms with Gasteiger partial charge in [0.1, 0.15) is 11.7 Å². The molecule has 0 radical (unpaired) electrons.